The molecular weight excluding hydrogens is 352 g/mol. The fourth-order valence-electron chi connectivity index (χ4n) is 3.97. The molecule has 1 atom stereocenters. The van der Waals surface area contributed by atoms with Gasteiger partial charge in [0.05, 0.1) is 18.3 Å². The van der Waals surface area contributed by atoms with Crippen LogP contribution in [0, 0.1) is 11.6 Å². The summed E-state index contributed by atoms with van der Waals surface area (Å²) in [5, 5.41) is 0. The molecule has 5 nitrogen and oxygen atoms in total. The normalized spacial score (nSPS) is 23.8. The van der Waals surface area contributed by atoms with E-state index in [4.69, 9.17) is 4.74 Å². The van der Waals surface area contributed by atoms with E-state index in [9.17, 15) is 13.6 Å². The molecule has 142 valence electrons. The molecule has 27 heavy (non-hydrogen) atoms. The molecule has 0 radical (unpaired) electrons. The Morgan fingerprint density at radius 3 is 2.85 bits per heavy atom. The van der Waals surface area contributed by atoms with Gasteiger partial charge in [-0.2, -0.15) is 0 Å². The van der Waals surface area contributed by atoms with Crippen molar-refractivity contribution < 1.29 is 18.3 Å². The molecule has 1 aromatic carbocycles. The number of benzene rings is 1. The molecule has 0 saturated carbocycles. The second-order valence-electron chi connectivity index (χ2n) is 7.26. The number of carbonyl (C=O) groups is 1. The van der Waals surface area contributed by atoms with Gasteiger partial charge < -0.3 is 9.64 Å². The number of pyridine rings is 1. The Hall–Kier alpha value is -2.38. The number of ether oxygens (including phenoxy) is 1. The van der Waals surface area contributed by atoms with Crippen molar-refractivity contribution >= 4 is 11.6 Å². The Kier molecular flexibility index (Phi) is 4.88. The van der Waals surface area contributed by atoms with E-state index in [0.717, 1.165) is 24.9 Å². The predicted molar refractivity (Wildman–Crippen MR) is 96.1 cm³/mol. The quantitative estimate of drug-likeness (QED) is 0.830. The van der Waals surface area contributed by atoms with Crippen molar-refractivity contribution in [3.8, 4) is 0 Å². The molecule has 1 unspecified atom stereocenters. The van der Waals surface area contributed by atoms with Gasteiger partial charge in [-0.05, 0) is 49.2 Å². The molecule has 1 amide bonds. The zero-order valence-corrected chi connectivity index (χ0v) is 14.9. The van der Waals surface area contributed by atoms with E-state index in [2.05, 4.69) is 9.88 Å². The highest BCUT2D eigenvalue weighted by atomic mass is 19.1. The fraction of sp³-hybridized carbons (Fsp3) is 0.400. The van der Waals surface area contributed by atoms with E-state index in [1.165, 1.54) is 24.4 Å². The van der Waals surface area contributed by atoms with Crippen molar-refractivity contribution in [1.82, 2.24) is 9.88 Å². The summed E-state index contributed by atoms with van der Waals surface area (Å²) in [6.45, 7) is 2.43. The van der Waals surface area contributed by atoms with Gasteiger partial charge in [0.2, 0.25) is 0 Å². The van der Waals surface area contributed by atoms with E-state index in [-0.39, 0.29) is 24.1 Å². The maximum absolute atomic E-state index is 13.6. The number of morpholine rings is 1. The van der Waals surface area contributed by atoms with E-state index >= 15 is 0 Å². The van der Waals surface area contributed by atoms with Crippen LogP contribution in [0.2, 0.25) is 0 Å². The van der Waals surface area contributed by atoms with Crippen LogP contribution in [0.1, 0.15) is 18.4 Å². The Balaban J connectivity index is 1.51. The van der Waals surface area contributed by atoms with Gasteiger partial charge in [0.15, 0.2) is 0 Å². The van der Waals surface area contributed by atoms with E-state index < -0.39 is 5.60 Å². The molecule has 4 rings (SSSR count). The van der Waals surface area contributed by atoms with E-state index in [1.807, 2.05) is 0 Å². The molecule has 2 fully saturated rings. The van der Waals surface area contributed by atoms with Crippen molar-refractivity contribution in [2.24, 2.45) is 0 Å². The van der Waals surface area contributed by atoms with Gasteiger partial charge in [-0.1, -0.05) is 6.07 Å². The van der Waals surface area contributed by atoms with Crippen LogP contribution in [0.3, 0.4) is 0 Å². The second kappa shape index (κ2) is 7.32. The smallest absolute Gasteiger partial charge is 0.253 e. The Labute approximate surface area is 156 Å². The molecule has 0 N–H and O–H groups in total. The molecule has 0 aliphatic carbocycles. The zero-order chi connectivity index (χ0) is 18.9. The molecular formula is C20H21F2N3O2. The molecule has 1 spiro atoms. The third kappa shape index (κ3) is 3.99. The highest BCUT2D eigenvalue weighted by Crippen LogP contribution is 2.32. The summed E-state index contributed by atoms with van der Waals surface area (Å²) in [4.78, 5) is 20.1. The second-order valence-corrected chi connectivity index (χ2v) is 7.26. The Morgan fingerprint density at radius 1 is 1.15 bits per heavy atom. The van der Waals surface area contributed by atoms with E-state index in [1.54, 1.807) is 23.2 Å². The van der Waals surface area contributed by atoms with Gasteiger partial charge in [-0.3, -0.25) is 14.7 Å². The van der Waals surface area contributed by atoms with Crippen LogP contribution in [0.25, 0.3) is 0 Å². The lowest BCUT2D eigenvalue weighted by Gasteiger charge is -2.47. The largest absolute Gasteiger partial charge is 0.362 e. The molecule has 1 aromatic heterocycles. The third-order valence-electron chi connectivity index (χ3n) is 5.16. The van der Waals surface area contributed by atoms with Crippen LogP contribution in [0.4, 0.5) is 14.5 Å². The van der Waals surface area contributed by atoms with E-state index in [0.29, 0.717) is 25.3 Å². The summed E-state index contributed by atoms with van der Waals surface area (Å²) < 4.78 is 33.0. The summed E-state index contributed by atoms with van der Waals surface area (Å²) >= 11 is 0. The summed E-state index contributed by atoms with van der Waals surface area (Å²) in [6, 6.07) is 7.55. The SMILES string of the molecule is O=C1COC2(CCCN(Cc3cncc(F)c3)C2)CN1c1cccc(F)c1. The van der Waals surface area contributed by atoms with Crippen LogP contribution < -0.4 is 4.90 Å². The lowest BCUT2D eigenvalue weighted by Crippen LogP contribution is -2.61. The Morgan fingerprint density at radius 2 is 2.04 bits per heavy atom. The molecule has 7 heteroatoms. The number of carbonyl (C=O) groups excluding carboxylic acids is 1. The summed E-state index contributed by atoms with van der Waals surface area (Å²) in [5.74, 6) is -0.890. The van der Waals surface area contributed by atoms with Crippen molar-refractivity contribution in [2.75, 3.05) is 31.1 Å². The zero-order valence-electron chi connectivity index (χ0n) is 14.9. The molecule has 3 heterocycles. The van der Waals surface area contributed by atoms with Crippen molar-refractivity contribution in [2.45, 2.75) is 25.0 Å². The number of anilines is 1. The van der Waals surface area contributed by atoms with Crippen LogP contribution in [0.5, 0.6) is 0 Å². The predicted octanol–water partition coefficient (Wildman–Crippen LogP) is 2.76. The van der Waals surface area contributed by atoms with Crippen LogP contribution in [0.15, 0.2) is 42.7 Å². The van der Waals surface area contributed by atoms with Gasteiger partial charge in [-0.15, -0.1) is 0 Å². The summed E-state index contributed by atoms with van der Waals surface area (Å²) in [6.07, 6.45) is 4.58. The van der Waals surface area contributed by atoms with Crippen LogP contribution in [-0.2, 0) is 16.1 Å². The van der Waals surface area contributed by atoms with Crippen LogP contribution >= 0.6 is 0 Å². The van der Waals surface area contributed by atoms with Gasteiger partial charge >= 0.3 is 0 Å². The van der Waals surface area contributed by atoms with Gasteiger partial charge in [0.1, 0.15) is 18.2 Å². The van der Waals surface area contributed by atoms with Crippen molar-refractivity contribution in [3.63, 3.8) is 0 Å². The molecule has 0 bridgehead atoms. The van der Waals surface area contributed by atoms with Crippen molar-refractivity contribution in [3.05, 3.63) is 59.9 Å². The highest BCUT2D eigenvalue weighted by molar-refractivity contribution is 5.95. The maximum Gasteiger partial charge on any atom is 0.253 e. The number of amides is 1. The first-order valence-corrected chi connectivity index (χ1v) is 9.05. The standard InChI is InChI=1S/C20H21F2N3O2/c21-16-3-1-4-18(8-16)25-14-20(27-12-19(25)26)5-2-6-24(13-20)11-15-7-17(22)10-23-9-15/h1,3-4,7-10H,2,5-6,11-14H2. The number of aromatic nitrogens is 1. The average Bonchev–Trinajstić information content (AvgIpc) is 2.64. The first kappa shape index (κ1) is 18.0. The number of likely N-dealkylation sites (tertiary alicyclic amines) is 1. The van der Waals surface area contributed by atoms with Gasteiger partial charge in [0, 0.05) is 25.0 Å². The van der Waals surface area contributed by atoms with Crippen molar-refractivity contribution in [1.29, 1.82) is 0 Å². The molecule has 2 aliphatic heterocycles. The van der Waals surface area contributed by atoms with Gasteiger partial charge in [-0.25, -0.2) is 8.78 Å². The van der Waals surface area contributed by atoms with Crippen LogP contribution in [-0.4, -0.2) is 47.6 Å². The topological polar surface area (TPSA) is 45.7 Å². The average molecular weight is 373 g/mol. The number of nitrogens with zero attached hydrogens (tertiary/aromatic N) is 3. The lowest BCUT2D eigenvalue weighted by atomic mass is 9.90. The molecule has 2 saturated heterocycles. The third-order valence-corrected chi connectivity index (χ3v) is 5.16. The summed E-state index contributed by atoms with van der Waals surface area (Å²) in [7, 11) is 0. The minimum Gasteiger partial charge on any atom is -0.362 e. The monoisotopic (exact) mass is 373 g/mol. The number of piperidine rings is 1. The molecule has 2 aliphatic rings. The number of hydrogen-bond donors (Lipinski definition) is 0. The number of hydrogen-bond acceptors (Lipinski definition) is 4. The lowest BCUT2D eigenvalue weighted by molar-refractivity contribution is -0.146. The minimum atomic E-state index is -0.501. The number of rotatable bonds is 3. The first-order valence-electron chi connectivity index (χ1n) is 9.05. The number of halogens is 2. The summed E-state index contributed by atoms with van der Waals surface area (Å²) in [5.41, 5.74) is 0.856. The minimum absolute atomic E-state index is 0.0220. The molecule has 2 aromatic rings. The first-order chi connectivity index (χ1) is 13.0. The van der Waals surface area contributed by atoms with Gasteiger partial charge in [0.25, 0.3) is 5.91 Å². The highest BCUT2D eigenvalue weighted by Gasteiger charge is 2.43. The fourth-order valence-corrected chi connectivity index (χ4v) is 3.97. The Bertz CT molecular complexity index is 847. The maximum atomic E-state index is 13.6.